The molecule has 12 heteroatoms. The maximum Gasteiger partial charge on any atom is 0.408 e. The SMILES string of the molecule is CC(C)Oc1cccc2ccc(-c3nnc4ccc([C@@H](N5CC[C@](C)(N)C5)C(F)(F)F)cn34)nc12.Cl.Cl. The lowest BCUT2D eigenvalue weighted by molar-refractivity contribution is -0.184. The minimum atomic E-state index is -4.47. The molecule has 2 atom stereocenters. The average Bonchev–Trinajstić information content (AvgIpc) is 3.35. The molecule has 4 heterocycles. The van der Waals surface area contributed by atoms with Crippen LogP contribution in [0.3, 0.4) is 0 Å². The molecule has 0 aliphatic carbocycles. The smallest absolute Gasteiger partial charge is 0.408 e. The second-order valence-electron chi connectivity index (χ2n) is 9.72. The summed E-state index contributed by atoms with van der Waals surface area (Å²) in [5.41, 5.74) is 7.16. The molecule has 0 radical (unpaired) electrons. The van der Waals surface area contributed by atoms with Gasteiger partial charge in [-0.25, -0.2) is 4.98 Å². The number of nitrogens with two attached hydrogens (primary N) is 1. The zero-order valence-electron chi connectivity index (χ0n) is 20.6. The Balaban J connectivity index is 0.00000190. The number of fused-ring (bicyclic) bond motifs is 2. The van der Waals surface area contributed by atoms with Crippen LogP contribution >= 0.6 is 24.8 Å². The minimum absolute atomic E-state index is 0. The first-order valence-corrected chi connectivity index (χ1v) is 11.5. The normalized spacial score (nSPS) is 19.1. The molecule has 4 aromatic rings. The number of para-hydroxylation sites is 1. The second-order valence-corrected chi connectivity index (χ2v) is 9.72. The summed E-state index contributed by atoms with van der Waals surface area (Å²) >= 11 is 0. The topological polar surface area (TPSA) is 81.6 Å². The van der Waals surface area contributed by atoms with Crippen LogP contribution in [-0.4, -0.2) is 55.4 Å². The lowest BCUT2D eigenvalue weighted by Crippen LogP contribution is -2.43. The van der Waals surface area contributed by atoms with E-state index in [2.05, 4.69) is 10.2 Å². The van der Waals surface area contributed by atoms with Crippen LogP contribution in [0.5, 0.6) is 5.75 Å². The predicted octanol–water partition coefficient (Wildman–Crippen LogP) is 5.60. The quantitative estimate of drug-likeness (QED) is 0.344. The van der Waals surface area contributed by atoms with Crippen LogP contribution in [-0.2, 0) is 0 Å². The number of alkyl halides is 3. The van der Waals surface area contributed by atoms with Gasteiger partial charge in [0.25, 0.3) is 0 Å². The third-order valence-electron chi connectivity index (χ3n) is 6.23. The summed E-state index contributed by atoms with van der Waals surface area (Å²) in [5, 5.41) is 9.28. The monoisotopic (exact) mass is 556 g/mol. The number of ether oxygens (including phenoxy) is 1. The van der Waals surface area contributed by atoms with Gasteiger partial charge < -0.3 is 10.5 Å². The van der Waals surface area contributed by atoms with Crippen molar-refractivity contribution in [3.63, 3.8) is 0 Å². The number of likely N-dealkylation sites (tertiary alicyclic amines) is 1. The van der Waals surface area contributed by atoms with E-state index in [-0.39, 0.29) is 49.6 Å². The van der Waals surface area contributed by atoms with Crippen LogP contribution in [0.15, 0.2) is 48.7 Å². The lowest BCUT2D eigenvalue weighted by atomic mass is 10.0. The van der Waals surface area contributed by atoms with Gasteiger partial charge in [-0.15, -0.1) is 35.0 Å². The second kappa shape index (κ2) is 10.6. The van der Waals surface area contributed by atoms with Crippen molar-refractivity contribution in [3.8, 4) is 17.3 Å². The Bertz CT molecular complexity index is 1390. The van der Waals surface area contributed by atoms with Crippen molar-refractivity contribution in [3.05, 3.63) is 54.2 Å². The van der Waals surface area contributed by atoms with Crippen LogP contribution < -0.4 is 10.5 Å². The lowest BCUT2D eigenvalue weighted by Gasteiger charge is -2.31. The molecule has 1 aliphatic rings. The van der Waals surface area contributed by atoms with E-state index in [1.807, 2.05) is 38.1 Å². The number of pyridine rings is 2. The molecule has 37 heavy (non-hydrogen) atoms. The summed E-state index contributed by atoms with van der Waals surface area (Å²) in [5.74, 6) is 0.985. The van der Waals surface area contributed by atoms with E-state index >= 15 is 0 Å². The number of rotatable bonds is 5. The van der Waals surface area contributed by atoms with Crippen molar-refractivity contribution >= 4 is 41.4 Å². The first-order chi connectivity index (χ1) is 16.5. The Morgan fingerprint density at radius 3 is 2.46 bits per heavy atom. The van der Waals surface area contributed by atoms with Gasteiger partial charge in [0.15, 0.2) is 11.5 Å². The highest BCUT2D eigenvalue weighted by Crippen LogP contribution is 2.41. The Morgan fingerprint density at radius 2 is 1.81 bits per heavy atom. The van der Waals surface area contributed by atoms with Crippen molar-refractivity contribution in [2.75, 3.05) is 13.1 Å². The summed E-state index contributed by atoms with van der Waals surface area (Å²) in [7, 11) is 0. The highest BCUT2D eigenvalue weighted by atomic mass is 35.5. The number of aromatic nitrogens is 4. The van der Waals surface area contributed by atoms with Gasteiger partial charge in [0, 0.05) is 30.2 Å². The standard InChI is InChI=1S/C25H27F3N6O.2ClH/c1-15(2)35-19-6-4-5-16-7-9-18(30-21(16)19)23-32-31-20-10-8-17(13-34(20)23)22(25(26,27)28)33-12-11-24(3,29)14-33;;/h4-10,13,15,22H,11-12,14,29H2,1-3H3;2*1H/t22-,24+;;/m1../s1. The molecule has 7 nitrogen and oxygen atoms in total. The molecule has 0 saturated carbocycles. The zero-order valence-corrected chi connectivity index (χ0v) is 22.2. The average molecular weight is 557 g/mol. The van der Waals surface area contributed by atoms with E-state index in [0.29, 0.717) is 34.9 Å². The summed E-state index contributed by atoms with van der Waals surface area (Å²) in [6.07, 6.45) is -2.55. The third kappa shape index (κ3) is 5.77. The Hall–Kier alpha value is -2.66. The molecule has 1 fully saturated rings. The predicted molar refractivity (Wildman–Crippen MR) is 142 cm³/mol. The van der Waals surface area contributed by atoms with Crippen molar-refractivity contribution in [1.29, 1.82) is 0 Å². The Morgan fingerprint density at radius 1 is 1.05 bits per heavy atom. The van der Waals surface area contributed by atoms with Gasteiger partial charge in [-0.2, -0.15) is 13.2 Å². The summed E-state index contributed by atoms with van der Waals surface area (Å²) in [4.78, 5) is 6.14. The Kier molecular flexibility index (Phi) is 8.28. The van der Waals surface area contributed by atoms with Gasteiger partial charge in [0.2, 0.25) is 0 Å². The van der Waals surface area contributed by atoms with Crippen molar-refractivity contribution < 1.29 is 17.9 Å². The largest absolute Gasteiger partial charge is 0.489 e. The summed E-state index contributed by atoms with van der Waals surface area (Å²) < 4.78 is 50.2. The maximum atomic E-state index is 14.2. The molecule has 2 N–H and O–H groups in total. The minimum Gasteiger partial charge on any atom is -0.489 e. The van der Waals surface area contributed by atoms with Gasteiger partial charge in [-0.1, -0.05) is 24.3 Å². The van der Waals surface area contributed by atoms with Gasteiger partial charge in [-0.3, -0.25) is 9.30 Å². The molecular formula is C25H29Cl2F3N6O. The molecule has 0 amide bonds. The van der Waals surface area contributed by atoms with Crippen LogP contribution in [0.4, 0.5) is 13.2 Å². The molecule has 200 valence electrons. The fourth-order valence-electron chi connectivity index (χ4n) is 4.69. The van der Waals surface area contributed by atoms with Gasteiger partial charge in [0.1, 0.15) is 23.0 Å². The molecular weight excluding hydrogens is 528 g/mol. The van der Waals surface area contributed by atoms with Crippen molar-refractivity contribution in [2.24, 2.45) is 5.73 Å². The van der Waals surface area contributed by atoms with E-state index in [1.54, 1.807) is 23.5 Å². The van der Waals surface area contributed by atoms with E-state index in [0.717, 1.165) is 5.39 Å². The van der Waals surface area contributed by atoms with Gasteiger partial charge in [-0.05, 0) is 51.0 Å². The van der Waals surface area contributed by atoms with E-state index in [4.69, 9.17) is 15.5 Å². The Labute approximate surface area is 225 Å². The zero-order chi connectivity index (χ0) is 25.0. The maximum absolute atomic E-state index is 14.2. The molecule has 1 aliphatic heterocycles. The van der Waals surface area contributed by atoms with Gasteiger partial charge in [0.05, 0.1) is 6.10 Å². The first-order valence-electron chi connectivity index (χ1n) is 11.5. The van der Waals surface area contributed by atoms with Gasteiger partial charge >= 0.3 is 6.18 Å². The van der Waals surface area contributed by atoms with E-state index < -0.39 is 17.8 Å². The molecule has 1 aromatic carbocycles. The molecule has 5 rings (SSSR count). The van der Waals surface area contributed by atoms with Crippen molar-refractivity contribution in [1.82, 2.24) is 24.5 Å². The molecule has 0 spiro atoms. The van der Waals surface area contributed by atoms with E-state index in [9.17, 15) is 13.2 Å². The molecule has 3 aromatic heterocycles. The fourth-order valence-corrected chi connectivity index (χ4v) is 4.69. The fraction of sp³-hybridized carbons (Fsp3) is 0.400. The summed E-state index contributed by atoms with van der Waals surface area (Å²) in [6, 6.07) is 10.6. The van der Waals surface area contributed by atoms with Crippen LogP contribution in [0.1, 0.15) is 38.8 Å². The summed E-state index contributed by atoms with van der Waals surface area (Å²) in [6.45, 7) is 6.08. The molecule has 0 bridgehead atoms. The number of hydrogen-bond acceptors (Lipinski definition) is 6. The number of nitrogens with zero attached hydrogens (tertiary/aromatic N) is 5. The number of halogens is 5. The van der Waals surface area contributed by atoms with Crippen LogP contribution in [0, 0.1) is 0 Å². The van der Waals surface area contributed by atoms with E-state index in [1.165, 1.54) is 17.2 Å². The van der Waals surface area contributed by atoms with Crippen LogP contribution in [0.25, 0.3) is 28.1 Å². The van der Waals surface area contributed by atoms with Crippen LogP contribution in [0.2, 0.25) is 0 Å². The highest BCUT2D eigenvalue weighted by Gasteiger charge is 2.48. The molecule has 1 saturated heterocycles. The molecule has 0 unspecified atom stereocenters. The number of benzene rings is 1. The highest BCUT2D eigenvalue weighted by molar-refractivity contribution is 5.86. The van der Waals surface area contributed by atoms with Crippen molar-refractivity contribution in [2.45, 2.75) is 51.1 Å². The number of hydrogen-bond donors (Lipinski definition) is 1. The first kappa shape index (κ1) is 28.9. The third-order valence-corrected chi connectivity index (χ3v) is 6.23.